The number of methoxy groups -OCH3 is 1. The lowest BCUT2D eigenvalue weighted by Gasteiger charge is -2.13. The maximum absolute atomic E-state index is 5.19. The highest BCUT2D eigenvalue weighted by Crippen LogP contribution is 2.70. The predicted molar refractivity (Wildman–Crippen MR) is 70.3 cm³/mol. The van der Waals surface area contributed by atoms with Crippen LogP contribution in [0.4, 0.5) is 0 Å². The second kappa shape index (κ2) is 4.04. The van der Waals surface area contributed by atoms with Crippen molar-refractivity contribution in [2.45, 2.75) is 39.0 Å². The number of hydrogen-bond acceptors (Lipinski definition) is 1. The van der Waals surface area contributed by atoms with Gasteiger partial charge in [0.15, 0.2) is 0 Å². The molecule has 0 bridgehead atoms. The van der Waals surface area contributed by atoms with Crippen LogP contribution in [-0.4, -0.2) is 7.11 Å². The molecule has 0 N–H and O–H groups in total. The minimum atomic E-state index is 0.736. The summed E-state index contributed by atoms with van der Waals surface area (Å²) in [5.74, 6) is 3.01. The Kier molecular flexibility index (Phi) is 2.65. The maximum atomic E-state index is 5.19. The molecular formula is C16H22O. The highest BCUT2D eigenvalue weighted by atomic mass is 16.5. The Morgan fingerprint density at radius 2 is 2.06 bits per heavy atom. The molecule has 3 rings (SSSR count). The summed E-state index contributed by atoms with van der Waals surface area (Å²) in [5.41, 5.74) is 2.20. The number of ether oxygens (including phenoxy) is 1. The molecule has 2 fully saturated rings. The molecule has 1 nitrogen and oxygen atoms in total. The van der Waals surface area contributed by atoms with Gasteiger partial charge in [-0.25, -0.2) is 0 Å². The molecule has 3 atom stereocenters. The Balaban J connectivity index is 1.60. The monoisotopic (exact) mass is 230 g/mol. The average Bonchev–Trinajstić information content (AvgIpc) is 2.77. The summed E-state index contributed by atoms with van der Waals surface area (Å²) >= 11 is 0. The summed E-state index contributed by atoms with van der Waals surface area (Å²) in [6.45, 7) is 2.46. The van der Waals surface area contributed by atoms with E-state index in [4.69, 9.17) is 4.74 Å². The summed E-state index contributed by atoms with van der Waals surface area (Å²) in [7, 11) is 1.73. The number of benzene rings is 1. The fraction of sp³-hybridized carbons (Fsp3) is 0.625. The number of hydrogen-bond donors (Lipinski definition) is 0. The van der Waals surface area contributed by atoms with Gasteiger partial charge in [0.1, 0.15) is 5.75 Å². The van der Waals surface area contributed by atoms with Crippen molar-refractivity contribution in [1.82, 2.24) is 0 Å². The highest BCUT2D eigenvalue weighted by molar-refractivity contribution is 5.27. The van der Waals surface area contributed by atoms with Crippen molar-refractivity contribution in [3.05, 3.63) is 29.8 Å². The van der Waals surface area contributed by atoms with Crippen LogP contribution in [0.3, 0.4) is 0 Å². The Morgan fingerprint density at radius 3 is 2.65 bits per heavy atom. The SMILES string of the molecule is COc1ccc(CC[C@@]23CCCC2[C@H]3C)cc1. The number of fused-ring (bicyclic) bond motifs is 1. The molecule has 92 valence electrons. The molecule has 1 unspecified atom stereocenters. The third-order valence-electron chi connectivity index (χ3n) is 5.34. The first-order valence-corrected chi connectivity index (χ1v) is 6.89. The zero-order valence-corrected chi connectivity index (χ0v) is 10.9. The van der Waals surface area contributed by atoms with E-state index in [1.54, 1.807) is 7.11 Å². The van der Waals surface area contributed by atoms with Gasteiger partial charge in [0.25, 0.3) is 0 Å². The van der Waals surface area contributed by atoms with Crippen LogP contribution in [0.5, 0.6) is 5.75 Å². The van der Waals surface area contributed by atoms with Gasteiger partial charge in [0, 0.05) is 0 Å². The Hall–Kier alpha value is -0.980. The summed E-state index contributed by atoms with van der Waals surface area (Å²) in [6, 6.07) is 8.59. The molecule has 2 saturated carbocycles. The van der Waals surface area contributed by atoms with Crippen molar-refractivity contribution >= 4 is 0 Å². The summed E-state index contributed by atoms with van der Waals surface area (Å²) < 4.78 is 5.19. The van der Waals surface area contributed by atoms with E-state index in [1.165, 1.54) is 37.7 Å². The standard InChI is InChI=1S/C16H22O/c1-12-15-4-3-10-16(12,15)11-9-13-5-7-14(17-2)8-6-13/h5-8,12,15H,3-4,9-11H2,1-2H3/t12-,15?,16-/m1/s1. The lowest BCUT2D eigenvalue weighted by Crippen LogP contribution is -2.03. The van der Waals surface area contributed by atoms with Crippen molar-refractivity contribution in [2.75, 3.05) is 7.11 Å². The van der Waals surface area contributed by atoms with Gasteiger partial charge in [-0.3, -0.25) is 0 Å². The van der Waals surface area contributed by atoms with Gasteiger partial charge in [-0.1, -0.05) is 25.5 Å². The van der Waals surface area contributed by atoms with E-state index in [2.05, 4.69) is 31.2 Å². The van der Waals surface area contributed by atoms with E-state index < -0.39 is 0 Å². The van der Waals surface area contributed by atoms with Crippen molar-refractivity contribution in [1.29, 1.82) is 0 Å². The second-order valence-electron chi connectivity index (χ2n) is 5.87. The fourth-order valence-electron chi connectivity index (χ4n) is 4.11. The van der Waals surface area contributed by atoms with E-state index in [9.17, 15) is 0 Å². The molecule has 0 heterocycles. The van der Waals surface area contributed by atoms with Crippen LogP contribution in [-0.2, 0) is 6.42 Å². The molecule has 0 saturated heterocycles. The van der Waals surface area contributed by atoms with Gasteiger partial charge in [0.2, 0.25) is 0 Å². The Labute approximate surface area is 104 Å². The summed E-state index contributed by atoms with van der Waals surface area (Å²) in [4.78, 5) is 0. The molecule has 17 heavy (non-hydrogen) atoms. The van der Waals surface area contributed by atoms with Gasteiger partial charge in [0.05, 0.1) is 7.11 Å². The van der Waals surface area contributed by atoms with Crippen LogP contribution in [0, 0.1) is 17.3 Å². The van der Waals surface area contributed by atoms with Crippen molar-refractivity contribution in [3.63, 3.8) is 0 Å². The second-order valence-corrected chi connectivity index (χ2v) is 5.87. The van der Waals surface area contributed by atoms with Crippen LogP contribution in [0.2, 0.25) is 0 Å². The molecule has 2 aliphatic carbocycles. The van der Waals surface area contributed by atoms with E-state index in [1.807, 2.05) is 0 Å². The Bertz CT molecular complexity index is 394. The summed E-state index contributed by atoms with van der Waals surface area (Å²) in [5, 5.41) is 0. The Morgan fingerprint density at radius 1 is 1.29 bits per heavy atom. The minimum absolute atomic E-state index is 0.736. The molecule has 0 aromatic heterocycles. The van der Waals surface area contributed by atoms with Crippen LogP contribution >= 0.6 is 0 Å². The molecule has 0 aliphatic heterocycles. The number of rotatable bonds is 4. The van der Waals surface area contributed by atoms with E-state index >= 15 is 0 Å². The van der Waals surface area contributed by atoms with Crippen molar-refractivity contribution in [3.8, 4) is 5.75 Å². The van der Waals surface area contributed by atoms with E-state index in [0.717, 1.165) is 23.0 Å². The molecular weight excluding hydrogens is 208 g/mol. The predicted octanol–water partition coefficient (Wildman–Crippen LogP) is 4.06. The highest BCUT2D eigenvalue weighted by Gasteiger charge is 2.62. The first kappa shape index (κ1) is 11.1. The zero-order chi connectivity index (χ0) is 11.9. The van der Waals surface area contributed by atoms with Gasteiger partial charge in [-0.05, 0) is 60.6 Å². The molecule has 0 spiro atoms. The molecule has 1 heteroatoms. The van der Waals surface area contributed by atoms with E-state index in [0.29, 0.717) is 0 Å². The molecule has 2 aliphatic rings. The van der Waals surface area contributed by atoms with Crippen LogP contribution < -0.4 is 4.74 Å². The van der Waals surface area contributed by atoms with Gasteiger partial charge in [-0.15, -0.1) is 0 Å². The first-order chi connectivity index (χ1) is 8.26. The van der Waals surface area contributed by atoms with Gasteiger partial charge < -0.3 is 4.74 Å². The summed E-state index contributed by atoms with van der Waals surface area (Å²) in [6.07, 6.45) is 7.08. The maximum Gasteiger partial charge on any atom is 0.118 e. The number of aryl methyl sites for hydroxylation is 1. The molecule has 1 aromatic carbocycles. The quantitative estimate of drug-likeness (QED) is 0.757. The normalized spacial score (nSPS) is 34.5. The van der Waals surface area contributed by atoms with Gasteiger partial charge >= 0.3 is 0 Å². The third kappa shape index (κ3) is 1.76. The smallest absolute Gasteiger partial charge is 0.118 e. The lowest BCUT2D eigenvalue weighted by molar-refractivity contribution is 0.408. The van der Waals surface area contributed by atoms with Crippen LogP contribution in [0.25, 0.3) is 0 Å². The topological polar surface area (TPSA) is 9.23 Å². The van der Waals surface area contributed by atoms with Crippen LogP contribution in [0.1, 0.15) is 38.2 Å². The molecule has 1 aromatic rings. The van der Waals surface area contributed by atoms with Crippen molar-refractivity contribution < 1.29 is 4.74 Å². The first-order valence-electron chi connectivity index (χ1n) is 6.89. The van der Waals surface area contributed by atoms with Gasteiger partial charge in [-0.2, -0.15) is 0 Å². The van der Waals surface area contributed by atoms with Crippen LogP contribution in [0.15, 0.2) is 24.3 Å². The third-order valence-corrected chi connectivity index (χ3v) is 5.34. The lowest BCUT2D eigenvalue weighted by atomic mass is 9.92. The fourth-order valence-corrected chi connectivity index (χ4v) is 4.11. The van der Waals surface area contributed by atoms with Crippen molar-refractivity contribution in [2.24, 2.45) is 17.3 Å². The van der Waals surface area contributed by atoms with E-state index in [-0.39, 0.29) is 0 Å². The minimum Gasteiger partial charge on any atom is -0.497 e. The zero-order valence-electron chi connectivity index (χ0n) is 10.9. The largest absolute Gasteiger partial charge is 0.497 e. The molecule has 0 radical (unpaired) electrons. The average molecular weight is 230 g/mol. The molecule has 0 amide bonds.